The summed E-state index contributed by atoms with van der Waals surface area (Å²) in [5.41, 5.74) is 2.24. The SMILES string of the molecule is CCN(CC(=O)NCc1ccc(F)cc1)C(=O)Cc1ccc(NC(C)=O)cc1. The Labute approximate surface area is 163 Å². The number of nitrogens with one attached hydrogen (secondary N) is 2. The van der Waals surface area contributed by atoms with Crippen LogP contribution in [0, 0.1) is 5.82 Å². The molecule has 2 aromatic rings. The van der Waals surface area contributed by atoms with Gasteiger partial charge in [-0.1, -0.05) is 24.3 Å². The Morgan fingerprint density at radius 1 is 0.964 bits per heavy atom. The summed E-state index contributed by atoms with van der Waals surface area (Å²) in [4.78, 5) is 37.1. The van der Waals surface area contributed by atoms with E-state index in [1.54, 1.807) is 36.4 Å². The van der Waals surface area contributed by atoms with Crippen molar-refractivity contribution in [2.75, 3.05) is 18.4 Å². The van der Waals surface area contributed by atoms with E-state index < -0.39 is 0 Å². The molecule has 148 valence electrons. The normalized spacial score (nSPS) is 10.2. The minimum atomic E-state index is -0.331. The second-order valence-electron chi connectivity index (χ2n) is 6.37. The average molecular weight is 385 g/mol. The van der Waals surface area contributed by atoms with Gasteiger partial charge in [0.25, 0.3) is 0 Å². The molecule has 0 aliphatic heterocycles. The van der Waals surface area contributed by atoms with Crippen LogP contribution in [0.1, 0.15) is 25.0 Å². The molecule has 3 amide bonds. The molecule has 0 spiro atoms. The second-order valence-corrected chi connectivity index (χ2v) is 6.37. The van der Waals surface area contributed by atoms with Crippen molar-refractivity contribution in [3.05, 3.63) is 65.5 Å². The summed E-state index contributed by atoms with van der Waals surface area (Å²) in [7, 11) is 0. The molecule has 6 nitrogen and oxygen atoms in total. The molecular formula is C21H24FN3O3. The van der Waals surface area contributed by atoms with Gasteiger partial charge in [-0.3, -0.25) is 14.4 Å². The first kappa shape index (κ1) is 21.1. The van der Waals surface area contributed by atoms with E-state index in [4.69, 9.17) is 0 Å². The van der Waals surface area contributed by atoms with Gasteiger partial charge in [-0.15, -0.1) is 0 Å². The predicted octanol–water partition coefficient (Wildman–Crippen LogP) is 2.49. The largest absolute Gasteiger partial charge is 0.350 e. The zero-order valence-corrected chi connectivity index (χ0v) is 16.0. The van der Waals surface area contributed by atoms with Crippen LogP contribution in [0.2, 0.25) is 0 Å². The third-order valence-corrected chi connectivity index (χ3v) is 4.10. The number of anilines is 1. The summed E-state index contributed by atoms with van der Waals surface area (Å²) in [6.07, 6.45) is 0.166. The van der Waals surface area contributed by atoms with Crippen LogP contribution in [0.4, 0.5) is 10.1 Å². The lowest BCUT2D eigenvalue weighted by molar-refractivity contribution is -0.135. The maximum atomic E-state index is 12.9. The molecule has 0 aliphatic rings. The summed E-state index contributed by atoms with van der Waals surface area (Å²) < 4.78 is 12.9. The Balaban J connectivity index is 1.85. The molecule has 0 fully saturated rings. The fourth-order valence-corrected chi connectivity index (χ4v) is 2.60. The molecule has 0 atom stereocenters. The topological polar surface area (TPSA) is 78.5 Å². The van der Waals surface area contributed by atoms with Crippen LogP contribution in [0.3, 0.4) is 0 Å². The van der Waals surface area contributed by atoms with E-state index in [-0.39, 0.29) is 43.0 Å². The highest BCUT2D eigenvalue weighted by atomic mass is 19.1. The molecule has 2 rings (SSSR count). The van der Waals surface area contributed by atoms with Crippen molar-refractivity contribution in [1.82, 2.24) is 10.2 Å². The first-order chi connectivity index (χ1) is 13.4. The van der Waals surface area contributed by atoms with Crippen molar-refractivity contribution >= 4 is 23.4 Å². The predicted molar refractivity (Wildman–Crippen MR) is 105 cm³/mol. The summed E-state index contributed by atoms with van der Waals surface area (Å²) in [6, 6.07) is 12.9. The number of halogens is 1. The number of carbonyl (C=O) groups is 3. The second kappa shape index (κ2) is 10.2. The van der Waals surface area contributed by atoms with Gasteiger partial charge in [-0.25, -0.2) is 4.39 Å². The molecule has 0 unspecified atom stereocenters. The average Bonchev–Trinajstić information content (AvgIpc) is 2.66. The number of nitrogens with zero attached hydrogens (tertiary/aromatic N) is 1. The van der Waals surface area contributed by atoms with Gasteiger partial charge in [0, 0.05) is 25.7 Å². The van der Waals surface area contributed by atoms with Crippen molar-refractivity contribution in [2.45, 2.75) is 26.8 Å². The van der Waals surface area contributed by atoms with Crippen molar-refractivity contribution in [1.29, 1.82) is 0 Å². The van der Waals surface area contributed by atoms with E-state index in [0.717, 1.165) is 11.1 Å². The van der Waals surface area contributed by atoms with Crippen LogP contribution in [0.15, 0.2) is 48.5 Å². The zero-order chi connectivity index (χ0) is 20.5. The molecule has 2 aromatic carbocycles. The Kier molecular flexibility index (Phi) is 7.68. The van der Waals surface area contributed by atoms with Gasteiger partial charge in [0.1, 0.15) is 5.82 Å². The fraction of sp³-hybridized carbons (Fsp3) is 0.286. The molecule has 0 heterocycles. The Morgan fingerprint density at radius 3 is 2.14 bits per heavy atom. The van der Waals surface area contributed by atoms with Gasteiger partial charge < -0.3 is 15.5 Å². The van der Waals surface area contributed by atoms with Crippen molar-refractivity contribution in [2.24, 2.45) is 0 Å². The first-order valence-corrected chi connectivity index (χ1v) is 9.03. The van der Waals surface area contributed by atoms with Crippen LogP contribution in [-0.2, 0) is 27.3 Å². The standard InChI is InChI=1S/C21H24FN3O3/c1-3-25(14-20(27)23-13-17-4-8-18(22)9-5-17)21(28)12-16-6-10-19(11-7-16)24-15(2)26/h4-11H,3,12-14H2,1-2H3,(H,23,27)(H,24,26). The smallest absolute Gasteiger partial charge is 0.239 e. The Bertz CT molecular complexity index is 820. The number of carbonyl (C=O) groups excluding carboxylic acids is 3. The quantitative estimate of drug-likeness (QED) is 0.733. The van der Waals surface area contributed by atoms with Crippen molar-refractivity contribution < 1.29 is 18.8 Å². The molecule has 0 radical (unpaired) electrons. The van der Waals surface area contributed by atoms with Gasteiger partial charge >= 0.3 is 0 Å². The molecule has 0 saturated heterocycles. The first-order valence-electron chi connectivity index (χ1n) is 9.03. The summed E-state index contributed by atoms with van der Waals surface area (Å²) >= 11 is 0. The number of hydrogen-bond acceptors (Lipinski definition) is 3. The van der Waals surface area contributed by atoms with E-state index in [1.165, 1.54) is 24.0 Å². The molecule has 0 aliphatic carbocycles. The minimum absolute atomic E-state index is 0.0412. The summed E-state index contributed by atoms with van der Waals surface area (Å²) in [5, 5.41) is 5.40. The summed E-state index contributed by atoms with van der Waals surface area (Å²) in [5.74, 6) is -0.928. The highest BCUT2D eigenvalue weighted by Crippen LogP contribution is 2.11. The van der Waals surface area contributed by atoms with Gasteiger partial charge in [0.2, 0.25) is 17.7 Å². The molecule has 0 saturated carbocycles. The fourth-order valence-electron chi connectivity index (χ4n) is 2.60. The number of likely N-dealkylation sites (N-methyl/N-ethyl adjacent to an activating group) is 1. The van der Waals surface area contributed by atoms with E-state index in [2.05, 4.69) is 10.6 Å². The molecule has 2 N–H and O–H groups in total. The van der Waals surface area contributed by atoms with Crippen molar-refractivity contribution in [3.8, 4) is 0 Å². The Hall–Kier alpha value is -3.22. The maximum absolute atomic E-state index is 12.9. The number of hydrogen-bond donors (Lipinski definition) is 2. The minimum Gasteiger partial charge on any atom is -0.350 e. The van der Waals surface area contributed by atoms with Gasteiger partial charge in [-0.2, -0.15) is 0 Å². The van der Waals surface area contributed by atoms with Gasteiger partial charge in [0.15, 0.2) is 0 Å². The molecule has 7 heteroatoms. The van der Waals surface area contributed by atoms with Crippen LogP contribution in [0.5, 0.6) is 0 Å². The third-order valence-electron chi connectivity index (χ3n) is 4.10. The number of rotatable bonds is 8. The van der Waals surface area contributed by atoms with Gasteiger partial charge in [-0.05, 0) is 42.3 Å². The lowest BCUT2D eigenvalue weighted by Crippen LogP contribution is -2.41. The molecule has 0 bridgehead atoms. The van der Waals surface area contributed by atoms with Crippen LogP contribution in [0.25, 0.3) is 0 Å². The lowest BCUT2D eigenvalue weighted by Gasteiger charge is -2.20. The van der Waals surface area contributed by atoms with E-state index in [9.17, 15) is 18.8 Å². The maximum Gasteiger partial charge on any atom is 0.239 e. The van der Waals surface area contributed by atoms with E-state index >= 15 is 0 Å². The molecule has 0 aromatic heterocycles. The molecular weight excluding hydrogens is 361 g/mol. The van der Waals surface area contributed by atoms with Crippen molar-refractivity contribution in [3.63, 3.8) is 0 Å². The zero-order valence-electron chi connectivity index (χ0n) is 16.0. The van der Waals surface area contributed by atoms with Gasteiger partial charge in [0.05, 0.1) is 13.0 Å². The monoisotopic (exact) mass is 385 g/mol. The number of benzene rings is 2. The summed E-state index contributed by atoms with van der Waals surface area (Å²) in [6.45, 7) is 3.88. The lowest BCUT2D eigenvalue weighted by atomic mass is 10.1. The van der Waals surface area contributed by atoms with Crippen LogP contribution in [-0.4, -0.2) is 35.7 Å². The number of amides is 3. The molecule has 28 heavy (non-hydrogen) atoms. The van der Waals surface area contributed by atoms with E-state index in [0.29, 0.717) is 12.2 Å². The highest BCUT2D eigenvalue weighted by Gasteiger charge is 2.16. The Morgan fingerprint density at radius 2 is 1.57 bits per heavy atom. The van der Waals surface area contributed by atoms with Crippen LogP contribution >= 0.6 is 0 Å². The van der Waals surface area contributed by atoms with E-state index in [1.807, 2.05) is 6.92 Å². The third kappa shape index (κ3) is 6.83. The highest BCUT2D eigenvalue weighted by molar-refractivity contribution is 5.89. The van der Waals surface area contributed by atoms with Crippen LogP contribution < -0.4 is 10.6 Å².